The lowest BCUT2D eigenvalue weighted by Crippen LogP contribution is -2.07. The summed E-state index contributed by atoms with van der Waals surface area (Å²) in [7, 11) is 0. The van der Waals surface area contributed by atoms with Crippen LogP contribution in [0.2, 0.25) is 0 Å². The number of carbonyl (C=O) groups is 1. The van der Waals surface area contributed by atoms with E-state index in [4.69, 9.17) is 9.40 Å². The highest BCUT2D eigenvalue weighted by atomic mass is 79.9. The predicted octanol–water partition coefficient (Wildman–Crippen LogP) is 5.40. The fourth-order valence-corrected chi connectivity index (χ4v) is 5.17. The van der Waals surface area contributed by atoms with Crippen molar-refractivity contribution in [2.24, 2.45) is 0 Å². The Bertz CT molecular complexity index is 1800. The molecule has 0 aliphatic rings. The molecule has 0 bridgehead atoms. The van der Waals surface area contributed by atoms with Gasteiger partial charge in [-0.1, -0.05) is 37.3 Å². The first-order valence-electron chi connectivity index (χ1n) is 11.6. The molecule has 0 unspecified atom stereocenters. The molecule has 0 saturated heterocycles. The number of aromatic nitrogens is 7. The van der Waals surface area contributed by atoms with Gasteiger partial charge in [0, 0.05) is 22.9 Å². The smallest absolute Gasteiger partial charge is 0.354 e. The Balaban J connectivity index is 1.45. The lowest BCUT2D eigenvalue weighted by Gasteiger charge is -2.09. The van der Waals surface area contributed by atoms with Gasteiger partial charge in [-0.2, -0.15) is 0 Å². The number of carboxylic acids is 1. The van der Waals surface area contributed by atoms with E-state index in [0.717, 1.165) is 43.5 Å². The number of hydrogen-bond acceptors (Lipinski definition) is 7. The number of aromatic amines is 1. The molecule has 4 aromatic heterocycles. The monoisotopic (exact) mass is 557 g/mol. The Kier molecular flexibility index (Phi) is 5.56. The minimum Gasteiger partial charge on any atom is -0.477 e. The Morgan fingerprint density at radius 1 is 1.14 bits per heavy atom. The molecule has 0 spiro atoms. The van der Waals surface area contributed by atoms with Crippen LogP contribution in [-0.2, 0) is 13.0 Å². The van der Waals surface area contributed by atoms with Crippen LogP contribution in [0.15, 0.2) is 57.4 Å². The number of nitrogens with one attached hydrogen (secondary N) is 1. The number of fused-ring (bicyclic) bond motifs is 2. The number of aromatic carboxylic acids is 1. The van der Waals surface area contributed by atoms with Crippen LogP contribution in [-0.4, -0.2) is 46.2 Å². The molecule has 0 aliphatic heterocycles. The summed E-state index contributed by atoms with van der Waals surface area (Å²) in [6, 6.07) is 15.3. The fraction of sp³-hybridized carbons (Fsp3) is 0.154. The predicted molar refractivity (Wildman–Crippen MR) is 140 cm³/mol. The Morgan fingerprint density at radius 2 is 1.95 bits per heavy atom. The summed E-state index contributed by atoms with van der Waals surface area (Å²) in [5.41, 5.74) is 5.47. The standard InChI is InChI=1S/C26H20BrN7O3/c1-3-20-29-22-13(2)10-18(26(35)36)28-25(22)34(20)12-14-8-9-19-17(11-14)21(27)23(37-19)15-6-4-5-7-16(15)24-30-32-33-31-24/h4-11H,3,12H2,1-2H3,(H,35,36)(H,30,31,32,33). The second kappa shape index (κ2) is 8.93. The van der Waals surface area contributed by atoms with Gasteiger partial charge >= 0.3 is 5.97 Å². The molecule has 11 heteroatoms. The van der Waals surface area contributed by atoms with Crippen molar-refractivity contribution >= 4 is 44.0 Å². The topological polar surface area (TPSA) is 136 Å². The second-order valence-corrected chi connectivity index (χ2v) is 9.43. The van der Waals surface area contributed by atoms with E-state index in [1.807, 2.05) is 54.8 Å². The maximum absolute atomic E-state index is 11.6. The van der Waals surface area contributed by atoms with Crippen molar-refractivity contribution in [3.8, 4) is 22.7 Å². The summed E-state index contributed by atoms with van der Waals surface area (Å²) in [4.78, 5) is 20.8. The molecule has 0 radical (unpaired) electrons. The third-order valence-electron chi connectivity index (χ3n) is 6.31. The zero-order chi connectivity index (χ0) is 25.7. The summed E-state index contributed by atoms with van der Waals surface area (Å²) in [6.07, 6.45) is 0.688. The zero-order valence-electron chi connectivity index (χ0n) is 19.9. The van der Waals surface area contributed by atoms with Crippen LogP contribution in [0.3, 0.4) is 0 Å². The van der Waals surface area contributed by atoms with Crippen LogP contribution in [0.5, 0.6) is 0 Å². The van der Waals surface area contributed by atoms with Gasteiger partial charge in [-0.05, 0) is 62.6 Å². The molecule has 0 amide bonds. The Hall–Kier alpha value is -4.38. The Morgan fingerprint density at radius 3 is 2.68 bits per heavy atom. The molecule has 2 aromatic carbocycles. The minimum atomic E-state index is -1.06. The maximum Gasteiger partial charge on any atom is 0.354 e. The molecule has 10 nitrogen and oxygen atoms in total. The number of nitrogens with zero attached hydrogens (tertiary/aromatic N) is 6. The quantitative estimate of drug-likeness (QED) is 0.277. The highest BCUT2D eigenvalue weighted by Crippen LogP contribution is 2.41. The lowest BCUT2D eigenvalue weighted by atomic mass is 10.0. The van der Waals surface area contributed by atoms with E-state index < -0.39 is 5.97 Å². The summed E-state index contributed by atoms with van der Waals surface area (Å²) in [5.74, 6) is 0.999. The van der Waals surface area contributed by atoms with Gasteiger partial charge in [0.1, 0.15) is 22.7 Å². The number of tetrazole rings is 1. The highest BCUT2D eigenvalue weighted by molar-refractivity contribution is 9.10. The highest BCUT2D eigenvalue weighted by Gasteiger charge is 2.20. The first-order chi connectivity index (χ1) is 17.9. The van der Waals surface area contributed by atoms with Gasteiger partial charge in [-0.3, -0.25) is 0 Å². The molecular formula is C26H20BrN7O3. The number of aryl methyl sites for hydroxylation is 2. The summed E-state index contributed by atoms with van der Waals surface area (Å²) >= 11 is 3.75. The third kappa shape index (κ3) is 3.87. The van der Waals surface area contributed by atoms with Crippen molar-refractivity contribution in [2.45, 2.75) is 26.8 Å². The molecule has 0 aliphatic carbocycles. The molecule has 0 saturated carbocycles. The number of furan rings is 1. The number of rotatable bonds is 6. The third-order valence-corrected chi connectivity index (χ3v) is 7.10. The molecule has 0 atom stereocenters. The normalized spacial score (nSPS) is 11.5. The number of imidazole rings is 1. The van der Waals surface area contributed by atoms with Gasteiger partial charge in [0.05, 0.1) is 11.0 Å². The number of pyridine rings is 1. The SMILES string of the molecule is CCc1nc2c(C)cc(C(=O)O)nc2n1Cc1ccc2oc(-c3ccccc3-c3nnn[nH]3)c(Br)c2c1. The largest absolute Gasteiger partial charge is 0.477 e. The van der Waals surface area contributed by atoms with Gasteiger partial charge in [-0.15, -0.1) is 5.10 Å². The molecule has 2 N–H and O–H groups in total. The first-order valence-corrected chi connectivity index (χ1v) is 12.4. The van der Waals surface area contributed by atoms with E-state index in [1.165, 1.54) is 0 Å². The molecule has 37 heavy (non-hydrogen) atoms. The van der Waals surface area contributed by atoms with Gasteiger partial charge < -0.3 is 14.1 Å². The number of benzene rings is 2. The van der Waals surface area contributed by atoms with E-state index >= 15 is 0 Å². The molecule has 6 rings (SSSR count). The molecule has 6 aromatic rings. The zero-order valence-corrected chi connectivity index (χ0v) is 21.4. The summed E-state index contributed by atoms with van der Waals surface area (Å²) in [6.45, 7) is 4.36. The number of carboxylic acid groups (broad SMARTS) is 1. The van der Waals surface area contributed by atoms with Crippen LogP contribution >= 0.6 is 15.9 Å². The molecule has 184 valence electrons. The number of halogens is 1. The average molecular weight is 558 g/mol. The molecule has 0 fully saturated rings. The van der Waals surface area contributed by atoms with Gasteiger partial charge in [0.2, 0.25) is 0 Å². The maximum atomic E-state index is 11.6. The number of H-pyrrole nitrogens is 1. The summed E-state index contributed by atoms with van der Waals surface area (Å²) in [5, 5.41) is 24.7. The van der Waals surface area contributed by atoms with Crippen molar-refractivity contribution in [1.29, 1.82) is 0 Å². The second-order valence-electron chi connectivity index (χ2n) is 8.64. The van der Waals surface area contributed by atoms with Crippen LogP contribution in [0, 0.1) is 6.92 Å². The van der Waals surface area contributed by atoms with Crippen molar-refractivity contribution in [3.05, 3.63) is 75.6 Å². The van der Waals surface area contributed by atoms with Crippen molar-refractivity contribution in [2.75, 3.05) is 0 Å². The molecule has 4 heterocycles. The van der Waals surface area contributed by atoms with Crippen molar-refractivity contribution < 1.29 is 14.3 Å². The van der Waals surface area contributed by atoms with Gasteiger partial charge in [0.25, 0.3) is 0 Å². The first kappa shape index (κ1) is 23.0. The fourth-order valence-electron chi connectivity index (χ4n) is 4.56. The number of hydrogen-bond donors (Lipinski definition) is 2. The van der Waals surface area contributed by atoms with E-state index in [2.05, 4.69) is 47.6 Å². The van der Waals surface area contributed by atoms with Crippen molar-refractivity contribution in [3.63, 3.8) is 0 Å². The van der Waals surface area contributed by atoms with Crippen LogP contribution in [0.4, 0.5) is 0 Å². The van der Waals surface area contributed by atoms with E-state index in [0.29, 0.717) is 35.7 Å². The van der Waals surface area contributed by atoms with E-state index in [1.54, 1.807) is 6.07 Å². The van der Waals surface area contributed by atoms with Crippen molar-refractivity contribution in [1.82, 2.24) is 35.2 Å². The van der Waals surface area contributed by atoms with Crippen LogP contribution in [0.25, 0.3) is 44.8 Å². The van der Waals surface area contributed by atoms with Gasteiger partial charge in [0.15, 0.2) is 17.2 Å². The molecular weight excluding hydrogens is 538 g/mol. The van der Waals surface area contributed by atoms with Gasteiger partial charge in [-0.25, -0.2) is 19.9 Å². The van der Waals surface area contributed by atoms with Crippen LogP contribution in [0.1, 0.15) is 34.4 Å². The summed E-state index contributed by atoms with van der Waals surface area (Å²) < 4.78 is 9.06. The van der Waals surface area contributed by atoms with Crippen LogP contribution < -0.4 is 0 Å². The van der Waals surface area contributed by atoms with E-state index in [9.17, 15) is 9.90 Å². The van der Waals surface area contributed by atoms with E-state index in [-0.39, 0.29) is 5.69 Å². The minimum absolute atomic E-state index is 0.00657. The lowest BCUT2D eigenvalue weighted by molar-refractivity contribution is 0.0690. The Labute approximate surface area is 218 Å². The average Bonchev–Trinajstić information content (AvgIpc) is 3.63.